The van der Waals surface area contributed by atoms with E-state index in [9.17, 15) is 14.7 Å². The van der Waals surface area contributed by atoms with Crippen molar-refractivity contribution in [1.29, 1.82) is 0 Å². The fraction of sp³-hybridized carbons (Fsp3) is 0.556. The summed E-state index contributed by atoms with van der Waals surface area (Å²) >= 11 is 0. The lowest BCUT2D eigenvalue weighted by atomic mass is 9.73. The van der Waals surface area contributed by atoms with Gasteiger partial charge >= 0.3 is 5.97 Å². The van der Waals surface area contributed by atoms with Crippen LogP contribution in [0.25, 0.3) is 0 Å². The Morgan fingerprint density at radius 2 is 1.77 bits per heavy atom. The summed E-state index contributed by atoms with van der Waals surface area (Å²) in [5, 5.41) is 9.17. The Labute approximate surface area is 131 Å². The third kappa shape index (κ3) is 2.87. The molecule has 1 aromatic rings. The maximum Gasteiger partial charge on any atom is 0.307 e. The predicted octanol–water partition coefficient (Wildman–Crippen LogP) is 2.91. The zero-order valence-electron chi connectivity index (χ0n) is 13.2. The van der Waals surface area contributed by atoms with E-state index in [0.717, 1.165) is 18.4 Å². The lowest BCUT2D eigenvalue weighted by Gasteiger charge is -2.36. The predicted molar refractivity (Wildman–Crippen MR) is 83.3 cm³/mol. The molecule has 22 heavy (non-hydrogen) atoms. The molecule has 0 saturated heterocycles. The average Bonchev–Trinajstić information content (AvgIpc) is 3.22. The third-order valence-corrected chi connectivity index (χ3v) is 5.10. The number of carboxylic acids is 1. The largest absolute Gasteiger partial charge is 0.481 e. The van der Waals surface area contributed by atoms with Gasteiger partial charge in [0.1, 0.15) is 0 Å². The van der Waals surface area contributed by atoms with Crippen molar-refractivity contribution in [3.63, 3.8) is 0 Å². The Balaban J connectivity index is 1.74. The normalized spacial score (nSPS) is 23.7. The highest BCUT2D eigenvalue weighted by molar-refractivity contribution is 5.86. The van der Waals surface area contributed by atoms with E-state index in [0.29, 0.717) is 25.4 Å². The molecule has 3 rings (SSSR count). The number of rotatable bonds is 5. The first-order valence-corrected chi connectivity index (χ1v) is 8.07. The van der Waals surface area contributed by atoms with Gasteiger partial charge in [-0.1, -0.05) is 18.2 Å². The summed E-state index contributed by atoms with van der Waals surface area (Å²) in [5.74, 6) is -1.58. The van der Waals surface area contributed by atoms with Gasteiger partial charge in [0.2, 0.25) is 5.91 Å². The van der Waals surface area contributed by atoms with E-state index in [2.05, 4.69) is 32.0 Å². The second-order valence-electron chi connectivity index (χ2n) is 6.74. The molecule has 2 aliphatic rings. The maximum absolute atomic E-state index is 12.7. The van der Waals surface area contributed by atoms with Crippen molar-refractivity contribution in [3.05, 3.63) is 34.9 Å². The Morgan fingerprint density at radius 1 is 1.09 bits per heavy atom. The summed E-state index contributed by atoms with van der Waals surface area (Å²) in [5.41, 5.74) is 3.61. The van der Waals surface area contributed by atoms with Crippen molar-refractivity contribution in [2.75, 3.05) is 0 Å². The zero-order valence-corrected chi connectivity index (χ0v) is 13.2. The first kappa shape index (κ1) is 15.1. The molecule has 2 saturated carbocycles. The van der Waals surface area contributed by atoms with Gasteiger partial charge in [0.05, 0.1) is 11.8 Å². The number of hydrogen-bond acceptors (Lipinski definition) is 2. The van der Waals surface area contributed by atoms with Crippen LogP contribution in [0, 0.1) is 25.7 Å². The Kier molecular flexibility index (Phi) is 3.94. The Bertz CT molecular complexity index is 606. The van der Waals surface area contributed by atoms with Crippen LogP contribution in [0.2, 0.25) is 0 Å². The summed E-state index contributed by atoms with van der Waals surface area (Å²) in [6.45, 7) is 4.76. The van der Waals surface area contributed by atoms with Gasteiger partial charge in [-0.05, 0) is 56.2 Å². The summed E-state index contributed by atoms with van der Waals surface area (Å²) in [6.07, 6.45) is 3.43. The highest BCUT2D eigenvalue weighted by Crippen LogP contribution is 2.39. The van der Waals surface area contributed by atoms with Crippen LogP contribution < -0.4 is 0 Å². The molecule has 2 unspecified atom stereocenters. The third-order valence-electron chi connectivity index (χ3n) is 5.10. The van der Waals surface area contributed by atoms with E-state index >= 15 is 0 Å². The van der Waals surface area contributed by atoms with Crippen molar-refractivity contribution in [2.45, 2.75) is 52.1 Å². The van der Waals surface area contributed by atoms with E-state index < -0.39 is 11.9 Å². The van der Waals surface area contributed by atoms with E-state index in [4.69, 9.17) is 0 Å². The molecule has 2 aliphatic carbocycles. The van der Waals surface area contributed by atoms with Gasteiger partial charge in [-0.3, -0.25) is 9.59 Å². The molecule has 1 aromatic carbocycles. The molecular weight excluding hydrogens is 278 g/mol. The molecule has 0 spiro atoms. The lowest BCUT2D eigenvalue weighted by Crippen LogP contribution is -2.46. The molecule has 4 heteroatoms. The number of amides is 1. The molecule has 0 aliphatic heterocycles. The minimum atomic E-state index is -0.827. The first-order valence-electron chi connectivity index (χ1n) is 8.07. The molecule has 1 amide bonds. The smallest absolute Gasteiger partial charge is 0.307 e. The summed E-state index contributed by atoms with van der Waals surface area (Å²) in [7, 11) is 0. The number of hydrogen-bond donors (Lipinski definition) is 1. The minimum Gasteiger partial charge on any atom is -0.481 e. The molecule has 2 atom stereocenters. The second kappa shape index (κ2) is 5.75. The fourth-order valence-electron chi connectivity index (χ4n) is 3.18. The van der Waals surface area contributed by atoms with Crippen LogP contribution in [-0.4, -0.2) is 27.9 Å². The van der Waals surface area contributed by atoms with Gasteiger partial charge in [-0.2, -0.15) is 0 Å². The lowest BCUT2D eigenvalue weighted by molar-refractivity contribution is -0.157. The quantitative estimate of drug-likeness (QED) is 0.909. The Morgan fingerprint density at radius 3 is 2.27 bits per heavy atom. The number of carboxylic acid groups (broad SMARTS) is 1. The standard InChI is InChI=1S/C18H23NO3/c1-11-3-4-13(9-12(11)2)10-19(14-5-6-14)17(20)15-7-8-16(15)18(21)22/h3-4,9,14-16H,5-8,10H2,1-2H3,(H,21,22). The summed E-state index contributed by atoms with van der Waals surface area (Å²) in [6, 6.07) is 6.60. The monoisotopic (exact) mass is 301 g/mol. The highest BCUT2D eigenvalue weighted by atomic mass is 16.4. The van der Waals surface area contributed by atoms with Gasteiger partial charge in [-0.25, -0.2) is 0 Å². The molecular formula is C18H23NO3. The molecule has 118 valence electrons. The van der Waals surface area contributed by atoms with Crippen molar-refractivity contribution < 1.29 is 14.7 Å². The number of aryl methyl sites for hydroxylation is 2. The van der Waals surface area contributed by atoms with Crippen molar-refractivity contribution >= 4 is 11.9 Å². The number of nitrogens with zero attached hydrogens (tertiary/aromatic N) is 1. The van der Waals surface area contributed by atoms with Crippen molar-refractivity contribution in [1.82, 2.24) is 4.90 Å². The van der Waals surface area contributed by atoms with E-state index in [1.54, 1.807) is 0 Å². The highest BCUT2D eigenvalue weighted by Gasteiger charge is 2.45. The van der Waals surface area contributed by atoms with E-state index in [-0.39, 0.29) is 11.8 Å². The van der Waals surface area contributed by atoms with Gasteiger partial charge in [-0.15, -0.1) is 0 Å². The zero-order chi connectivity index (χ0) is 15.9. The van der Waals surface area contributed by atoms with Crippen LogP contribution in [0.1, 0.15) is 42.4 Å². The number of carbonyl (C=O) groups excluding carboxylic acids is 1. The van der Waals surface area contributed by atoms with E-state index in [1.165, 1.54) is 11.1 Å². The summed E-state index contributed by atoms with van der Waals surface area (Å²) in [4.78, 5) is 25.8. The van der Waals surface area contributed by atoms with Crippen LogP contribution in [-0.2, 0) is 16.1 Å². The van der Waals surface area contributed by atoms with Gasteiger partial charge in [0, 0.05) is 12.6 Å². The molecule has 0 heterocycles. The van der Waals surface area contributed by atoms with Crippen LogP contribution in [0.3, 0.4) is 0 Å². The molecule has 2 fully saturated rings. The SMILES string of the molecule is Cc1ccc(CN(C(=O)C2CCC2C(=O)O)C2CC2)cc1C. The molecule has 0 radical (unpaired) electrons. The molecule has 0 aromatic heterocycles. The maximum atomic E-state index is 12.7. The van der Waals surface area contributed by atoms with Gasteiger partial charge in [0.15, 0.2) is 0 Å². The van der Waals surface area contributed by atoms with Gasteiger partial charge < -0.3 is 10.0 Å². The number of aliphatic carboxylic acids is 1. The van der Waals surface area contributed by atoms with Crippen LogP contribution >= 0.6 is 0 Å². The summed E-state index contributed by atoms with van der Waals surface area (Å²) < 4.78 is 0. The number of carbonyl (C=O) groups is 2. The van der Waals surface area contributed by atoms with Crippen LogP contribution in [0.15, 0.2) is 18.2 Å². The minimum absolute atomic E-state index is 0.0411. The fourth-order valence-corrected chi connectivity index (χ4v) is 3.18. The van der Waals surface area contributed by atoms with Gasteiger partial charge in [0.25, 0.3) is 0 Å². The average molecular weight is 301 g/mol. The molecule has 4 nitrogen and oxygen atoms in total. The van der Waals surface area contributed by atoms with Crippen molar-refractivity contribution in [2.24, 2.45) is 11.8 Å². The van der Waals surface area contributed by atoms with Crippen molar-refractivity contribution in [3.8, 4) is 0 Å². The first-order chi connectivity index (χ1) is 10.5. The van der Waals surface area contributed by atoms with Crippen LogP contribution in [0.5, 0.6) is 0 Å². The van der Waals surface area contributed by atoms with Crippen LogP contribution in [0.4, 0.5) is 0 Å². The number of benzene rings is 1. The Hall–Kier alpha value is -1.84. The topological polar surface area (TPSA) is 57.6 Å². The molecule has 0 bridgehead atoms. The molecule has 1 N–H and O–H groups in total. The van der Waals surface area contributed by atoms with E-state index in [1.807, 2.05) is 4.90 Å². The second-order valence-corrected chi connectivity index (χ2v) is 6.74.